The first-order chi connectivity index (χ1) is 37.5. The van der Waals surface area contributed by atoms with E-state index in [1.807, 2.05) is 33.8 Å². The second-order valence-corrected chi connectivity index (χ2v) is 20.4. The van der Waals surface area contributed by atoms with Crippen molar-refractivity contribution in [2.24, 2.45) is 11.8 Å². The third-order valence-corrected chi connectivity index (χ3v) is 12.2. The van der Waals surface area contributed by atoms with E-state index in [4.69, 9.17) is 23.7 Å². The lowest BCUT2D eigenvalue weighted by Crippen LogP contribution is -2.40. The highest BCUT2D eigenvalue weighted by molar-refractivity contribution is 5.81. The predicted molar refractivity (Wildman–Crippen MR) is 322 cm³/mol. The fourth-order valence-electron chi connectivity index (χ4n) is 7.40. The summed E-state index contributed by atoms with van der Waals surface area (Å²) < 4.78 is 27.2. The number of hydrogen-bond acceptors (Lipinski definition) is 14. The van der Waals surface area contributed by atoms with Crippen LogP contribution in [0.15, 0.2) is 12.2 Å². The van der Waals surface area contributed by atoms with Crippen LogP contribution in [0.4, 0.5) is 0 Å². The van der Waals surface area contributed by atoms with E-state index in [0.717, 1.165) is 96.3 Å². The minimum atomic E-state index is -0.459. The zero-order valence-corrected chi connectivity index (χ0v) is 53.3. The first-order valence-corrected chi connectivity index (χ1v) is 31.4. The first-order valence-electron chi connectivity index (χ1n) is 31.4. The molecule has 0 aromatic heterocycles. The fraction of sp³-hybridized carbons (Fsp3) is 0.859. The molecule has 0 aromatic rings. The second-order valence-electron chi connectivity index (χ2n) is 20.4. The summed E-state index contributed by atoms with van der Waals surface area (Å²) in [7, 11) is 0. The smallest absolute Gasteiger partial charge is 0.320 e. The van der Waals surface area contributed by atoms with Gasteiger partial charge in [0.05, 0.1) is 65.7 Å². The highest BCUT2D eigenvalue weighted by Crippen LogP contribution is 2.16. The normalized spacial score (nSPS) is 11.8. The van der Waals surface area contributed by atoms with E-state index >= 15 is 0 Å². The number of rotatable bonds is 47. The zero-order valence-electron chi connectivity index (χ0n) is 53.3. The minimum absolute atomic E-state index is 0.0399. The molecule has 462 valence electrons. The van der Waals surface area contributed by atoms with E-state index < -0.39 is 29.8 Å². The Balaban J connectivity index is -0.000000418. The molecule has 0 heterocycles. The minimum Gasteiger partial charge on any atom is -0.465 e. The summed E-state index contributed by atoms with van der Waals surface area (Å²) in [6.45, 7) is 30.6. The van der Waals surface area contributed by atoms with Crippen LogP contribution in [0.1, 0.15) is 277 Å². The maximum absolute atomic E-state index is 13.0. The quantitative estimate of drug-likeness (QED) is 0.0244. The molecule has 0 bridgehead atoms. The molecule has 0 aromatic carbocycles. The highest BCUT2D eigenvalue weighted by Gasteiger charge is 2.23. The summed E-state index contributed by atoms with van der Waals surface area (Å²) >= 11 is 0. The number of unbranched alkanes of at least 4 members (excludes halogenated alkanes) is 20. The molecule has 0 saturated carbocycles. The Morgan fingerprint density at radius 3 is 0.910 bits per heavy atom. The van der Waals surface area contributed by atoms with E-state index in [9.17, 15) is 33.6 Å². The molecule has 0 saturated heterocycles. The molecule has 0 fully saturated rings. The van der Waals surface area contributed by atoms with Gasteiger partial charge in [-0.3, -0.25) is 38.6 Å². The lowest BCUT2D eigenvalue weighted by atomic mass is 9.99. The van der Waals surface area contributed by atoms with Crippen LogP contribution in [0.5, 0.6) is 0 Å². The van der Waals surface area contributed by atoms with Gasteiger partial charge in [-0.2, -0.15) is 0 Å². The van der Waals surface area contributed by atoms with Gasteiger partial charge < -0.3 is 28.5 Å². The molecule has 0 aliphatic rings. The van der Waals surface area contributed by atoms with Crippen LogP contribution < -0.4 is 0 Å². The Morgan fingerprint density at radius 2 is 0.641 bits per heavy atom. The number of hydrogen-bond donors (Lipinski definition) is 0. The van der Waals surface area contributed by atoms with Crippen LogP contribution in [0.25, 0.3) is 0 Å². The molecule has 0 aliphatic carbocycles. The van der Waals surface area contributed by atoms with Crippen LogP contribution in [0, 0.1) is 11.8 Å². The molecule has 0 rings (SSSR count). The van der Waals surface area contributed by atoms with Gasteiger partial charge in [-0.05, 0) is 70.8 Å². The lowest BCUT2D eigenvalue weighted by Gasteiger charge is -2.23. The summed E-state index contributed by atoms with van der Waals surface area (Å²) in [6.07, 6.45) is 33.1. The van der Waals surface area contributed by atoms with Crippen molar-refractivity contribution < 1.29 is 57.2 Å². The van der Waals surface area contributed by atoms with Crippen molar-refractivity contribution in [3.8, 4) is 0 Å². The number of Topliss-reactive ketones (excluding diaryl/α,β-unsaturated/α-hetero) is 2. The van der Waals surface area contributed by atoms with E-state index in [-0.39, 0.29) is 56.9 Å². The number of ether oxygens (including phenoxy) is 5. The Bertz CT molecular complexity index is 1350. The molecule has 3 atom stereocenters. The molecular weight excluding hydrogens is 989 g/mol. The average Bonchev–Trinajstić information content (AvgIpc) is 3.39. The molecule has 0 amide bonds. The summed E-state index contributed by atoms with van der Waals surface area (Å²) in [4.78, 5) is 86.0. The summed E-state index contributed by atoms with van der Waals surface area (Å²) in [5.41, 5.74) is 0. The van der Waals surface area contributed by atoms with Gasteiger partial charge in [0.2, 0.25) is 0 Å². The molecule has 14 heteroatoms. The SMILES string of the molecule is CC.CC.CC(C)=O.CCCCCCCCOC(=O)CN(CC(=O)OCCCCCCCC)CC(=O)OC(/C=C\C(C)CC)CC(C)CC.CCCCCCCCOC(=O)CN(CC(C)=O)CC(=O)OCCCCCCCC. The van der Waals surface area contributed by atoms with Gasteiger partial charge in [0, 0.05) is 0 Å². The fourth-order valence-corrected chi connectivity index (χ4v) is 7.40. The van der Waals surface area contributed by atoms with E-state index in [1.165, 1.54) is 108 Å². The lowest BCUT2D eigenvalue weighted by molar-refractivity contribution is -0.154. The van der Waals surface area contributed by atoms with Gasteiger partial charge in [0.25, 0.3) is 0 Å². The molecule has 0 spiro atoms. The molecule has 0 aliphatic heterocycles. The number of carbonyl (C=O) groups excluding carboxylic acids is 7. The van der Waals surface area contributed by atoms with E-state index in [2.05, 4.69) is 61.5 Å². The highest BCUT2D eigenvalue weighted by atomic mass is 16.6. The van der Waals surface area contributed by atoms with Gasteiger partial charge in [-0.1, -0.05) is 230 Å². The standard InChI is InChI=1S/C34H63NO6.C23H43NO5.C3H6O.2C2H6/c1-7-11-13-15-17-19-23-39-32(36)26-35(27-33(37)40-24-20-18-16-14-12-8-2)28-34(38)41-31(25-30(6)10-4)22-21-29(5)9-3;1-4-6-8-10-12-14-16-28-22(26)19-24(18-21(3)25)20-23(27)29-17-15-13-11-9-7-5-2;1-3(2)4;2*1-2/h21-22,29-31H,7-20,23-28H2,1-6H3;4-20H2,1-3H3;1-2H3;2*1-2H3/b22-21-;;;;. The Kier molecular flexibility index (Phi) is 70.2. The molecular formula is C64H124N2O12. The summed E-state index contributed by atoms with van der Waals surface area (Å²) in [5, 5.41) is 0. The third-order valence-electron chi connectivity index (χ3n) is 12.2. The topological polar surface area (TPSA) is 172 Å². The largest absolute Gasteiger partial charge is 0.465 e. The van der Waals surface area contributed by atoms with Crippen molar-refractivity contribution in [1.29, 1.82) is 0 Å². The Labute approximate surface area is 479 Å². The summed E-state index contributed by atoms with van der Waals surface area (Å²) in [5.74, 6) is -1.28. The van der Waals surface area contributed by atoms with Crippen LogP contribution in [-0.4, -0.2) is 123 Å². The summed E-state index contributed by atoms with van der Waals surface area (Å²) in [6, 6.07) is 0. The molecule has 0 radical (unpaired) electrons. The maximum Gasteiger partial charge on any atom is 0.320 e. The molecule has 0 N–H and O–H groups in total. The second kappa shape index (κ2) is 65.9. The van der Waals surface area contributed by atoms with Crippen molar-refractivity contribution in [3.05, 3.63) is 12.2 Å². The molecule has 14 nitrogen and oxygen atoms in total. The monoisotopic (exact) mass is 1110 g/mol. The van der Waals surface area contributed by atoms with Crippen LogP contribution >= 0.6 is 0 Å². The first kappa shape index (κ1) is 83.2. The Hall–Kier alpha value is -3.65. The number of ketones is 2. The average molecular weight is 1110 g/mol. The van der Waals surface area contributed by atoms with Crippen molar-refractivity contribution in [3.63, 3.8) is 0 Å². The van der Waals surface area contributed by atoms with Gasteiger partial charge in [0.15, 0.2) is 0 Å². The predicted octanol–water partition coefficient (Wildman–Crippen LogP) is 15.4. The van der Waals surface area contributed by atoms with Crippen LogP contribution in [-0.2, 0) is 57.2 Å². The van der Waals surface area contributed by atoms with E-state index in [1.54, 1.807) is 0 Å². The maximum atomic E-state index is 13.0. The van der Waals surface area contributed by atoms with E-state index in [0.29, 0.717) is 38.3 Å². The number of allylic oxidation sites excluding steroid dienone is 1. The van der Waals surface area contributed by atoms with Gasteiger partial charge in [-0.15, -0.1) is 0 Å². The van der Waals surface area contributed by atoms with Crippen molar-refractivity contribution >= 4 is 41.4 Å². The number of esters is 5. The van der Waals surface area contributed by atoms with Gasteiger partial charge in [0.1, 0.15) is 17.7 Å². The van der Waals surface area contributed by atoms with Crippen LogP contribution in [0.3, 0.4) is 0 Å². The zero-order chi connectivity index (χ0) is 60.0. The van der Waals surface area contributed by atoms with Crippen LogP contribution in [0.2, 0.25) is 0 Å². The van der Waals surface area contributed by atoms with Crippen molar-refractivity contribution in [2.45, 2.75) is 283 Å². The molecule has 3 unspecified atom stereocenters. The van der Waals surface area contributed by atoms with Gasteiger partial charge >= 0.3 is 29.8 Å². The third kappa shape index (κ3) is 68.5. The molecule has 78 heavy (non-hydrogen) atoms. The van der Waals surface area contributed by atoms with Gasteiger partial charge in [-0.25, -0.2) is 0 Å². The van der Waals surface area contributed by atoms with Crippen molar-refractivity contribution in [2.75, 3.05) is 65.7 Å². The number of carbonyl (C=O) groups is 7. The number of nitrogens with zero attached hydrogens (tertiary/aromatic N) is 2. The Morgan fingerprint density at radius 1 is 0.372 bits per heavy atom. The van der Waals surface area contributed by atoms with Crippen molar-refractivity contribution in [1.82, 2.24) is 9.80 Å².